The third-order valence-electron chi connectivity index (χ3n) is 4.90. The minimum absolute atomic E-state index is 0. The highest BCUT2D eigenvalue weighted by molar-refractivity contribution is 14.0. The molecule has 0 aliphatic carbocycles. The number of carbonyl (C=O) groups is 2. The van der Waals surface area contributed by atoms with Crippen molar-refractivity contribution in [2.75, 3.05) is 47.3 Å². The summed E-state index contributed by atoms with van der Waals surface area (Å²) >= 11 is 0. The van der Waals surface area contributed by atoms with Crippen LogP contribution in [0.3, 0.4) is 0 Å². The monoisotopic (exact) mass is 530 g/mol. The Morgan fingerprint density at radius 1 is 1.27 bits per heavy atom. The molecular weight excluding hydrogens is 495 g/mol. The number of hydrogen-bond acceptors (Lipinski definition) is 4. The van der Waals surface area contributed by atoms with Gasteiger partial charge in [-0.25, -0.2) is 0 Å². The molecule has 1 aromatic rings. The normalized spacial score (nSPS) is 16.2. The van der Waals surface area contributed by atoms with Gasteiger partial charge in [0.25, 0.3) is 5.91 Å². The van der Waals surface area contributed by atoms with Crippen LogP contribution in [0.25, 0.3) is 0 Å². The summed E-state index contributed by atoms with van der Waals surface area (Å²) in [5.74, 6) is 0.822. The zero-order chi connectivity index (χ0) is 21.2. The third-order valence-corrected chi connectivity index (χ3v) is 4.90. The van der Waals surface area contributed by atoms with E-state index in [0.717, 1.165) is 25.1 Å². The zero-order valence-corrected chi connectivity index (χ0v) is 20.7. The van der Waals surface area contributed by atoms with Gasteiger partial charge in [-0.05, 0) is 38.2 Å². The lowest BCUT2D eigenvalue weighted by molar-refractivity contribution is -0.129. The number of aliphatic imine (C=N–C) groups is 1. The molecule has 1 aromatic carbocycles. The number of nitrogens with one attached hydrogen (secondary N) is 3. The maximum Gasteiger partial charge on any atom is 0.251 e. The standard InChI is InChI=1S/C21H34N6O2.HI/c1-5-19(28)27-11-9-18(15-27)25-21(22-2)24-14-16-7-6-8-17(13-16)20(29)23-10-12-26(3)4;/h6-8,13,18H,5,9-12,14-15H2,1-4H3,(H,23,29)(H2,22,24,25);1H. The van der Waals surface area contributed by atoms with Gasteiger partial charge in [-0.3, -0.25) is 14.6 Å². The summed E-state index contributed by atoms with van der Waals surface area (Å²) in [4.78, 5) is 32.3. The minimum Gasteiger partial charge on any atom is -0.352 e. The Bertz CT molecular complexity index is 725. The van der Waals surface area contributed by atoms with E-state index in [1.165, 1.54) is 0 Å². The summed E-state index contributed by atoms with van der Waals surface area (Å²) in [6.45, 7) is 5.35. The molecule has 1 aliphatic rings. The first-order chi connectivity index (χ1) is 13.9. The van der Waals surface area contributed by atoms with Crippen molar-refractivity contribution in [1.82, 2.24) is 25.8 Å². The molecule has 1 fully saturated rings. The van der Waals surface area contributed by atoms with Gasteiger partial charge in [0.2, 0.25) is 5.91 Å². The average Bonchev–Trinajstić information content (AvgIpc) is 3.19. The lowest BCUT2D eigenvalue weighted by Crippen LogP contribution is -2.44. The molecule has 1 atom stereocenters. The molecule has 8 nitrogen and oxygen atoms in total. The second-order valence-electron chi connectivity index (χ2n) is 7.51. The van der Waals surface area contributed by atoms with Crippen LogP contribution in [0.4, 0.5) is 0 Å². The molecule has 1 unspecified atom stereocenters. The molecule has 1 heterocycles. The fraction of sp³-hybridized carbons (Fsp3) is 0.571. The van der Waals surface area contributed by atoms with Gasteiger partial charge in [-0.2, -0.15) is 0 Å². The van der Waals surface area contributed by atoms with Gasteiger partial charge in [0.1, 0.15) is 0 Å². The second-order valence-corrected chi connectivity index (χ2v) is 7.51. The van der Waals surface area contributed by atoms with Crippen LogP contribution < -0.4 is 16.0 Å². The first kappa shape index (κ1) is 26.2. The van der Waals surface area contributed by atoms with E-state index in [1.807, 2.05) is 55.1 Å². The Balaban J connectivity index is 0.00000450. The summed E-state index contributed by atoms with van der Waals surface area (Å²) in [7, 11) is 5.68. The summed E-state index contributed by atoms with van der Waals surface area (Å²) in [6.07, 6.45) is 1.45. The molecule has 9 heteroatoms. The molecule has 0 radical (unpaired) electrons. The quantitative estimate of drug-likeness (QED) is 0.268. The highest BCUT2D eigenvalue weighted by Crippen LogP contribution is 2.10. The number of hydrogen-bond donors (Lipinski definition) is 3. The predicted molar refractivity (Wildman–Crippen MR) is 131 cm³/mol. The Morgan fingerprint density at radius 3 is 2.70 bits per heavy atom. The van der Waals surface area contributed by atoms with Crippen LogP contribution in [-0.4, -0.2) is 80.9 Å². The van der Waals surface area contributed by atoms with E-state index >= 15 is 0 Å². The molecule has 30 heavy (non-hydrogen) atoms. The number of rotatable bonds is 8. The van der Waals surface area contributed by atoms with E-state index in [0.29, 0.717) is 37.6 Å². The number of guanidine groups is 1. The fourth-order valence-electron chi connectivity index (χ4n) is 3.22. The largest absolute Gasteiger partial charge is 0.352 e. The molecule has 3 N–H and O–H groups in total. The number of nitrogens with zero attached hydrogens (tertiary/aromatic N) is 3. The Kier molecular flexibility index (Phi) is 11.7. The molecular formula is C21H35IN6O2. The van der Waals surface area contributed by atoms with Crippen molar-refractivity contribution in [2.45, 2.75) is 32.4 Å². The molecule has 1 aliphatic heterocycles. The van der Waals surface area contributed by atoms with Gasteiger partial charge in [-0.1, -0.05) is 19.1 Å². The second kappa shape index (κ2) is 13.4. The summed E-state index contributed by atoms with van der Waals surface area (Å²) < 4.78 is 0. The predicted octanol–water partition coefficient (Wildman–Crippen LogP) is 1.27. The van der Waals surface area contributed by atoms with E-state index in [2.05, 4.69) is 20.9 Å². The fourth-order valence-corrected chi connectivity index (χ4v) is 3.22. The van der Waals surface area contributed by atoms with Crippen LogP contribution >= 0.6 is 24.0 Å². The van der Waals surface area contributed by atoms with E-state index in [1.54, 1.807) is 7.05 Å². The van der Waals surface area contributed by atoms with Crippen LogP contribution in [0.5, 0.6) is 0 Å². The van der Waals surface area contributed by atoms with Crippen molar-refractivity contribution in [3.8, 4) is 0 Å². The molecule has 2 amide bonds. The number of likely N-dealkylation sites (tertiary alicyclic amines) is 1. The zero-order valence-electron chi connectivity index (χ0n) is 18.4. The molecule has 0 aromatic heterocycles. The topological polar surface area (TPSA) is 89.1 Å². The Labute approximate surface area is 196 Å². The molecule has 2 rings (SSSR count). The highest BCUT2D eigenvalue weighted by atomic mass is 127. The molecule has 0 saturated carbocycles. The highest BCUT2D eigenvalue weighted by Gasteiger charge is 2.25. The average molecular weight is 530 g/mol. The SMILES string of the molecule is CCC(=O)N1CCC(NC(=NC)NCc2cccc(C(=O)NCCN(C)C)c2)C1.I. The van der Waals surface area contributed by atoms with Gasteiger partial charge in [0, 0.05) is 57.8 Å². The number of benzene rings is 1. The summed E-state index contributed by atoms with van der Waals surface area (Å²) in [6, 6.07) is 7.78. The minimum atomic E-state index is -0.0668. The lowest BCUT2D eigenvalue weighted by Gasteiger charge is -2.19. The van der Waals surface area contributed by atoms with Crippen LogP contribution in [-0.2, 0) is 11.3 Å². The van der Waals surface area contributed by atoms with E-state index in [4.69, 9.17) is 0 Å². The molecule has 0 spiro atoms. The van der Waals surface area contributed by atoms with Crippen molar-refractivity contribution in [1.29, 1.82) is 0 Å². The Morgan fingerprint density at radius 2 is 2.03 bits per heavy atom. The smallest absolute Gasteiger partial charge is 0.251 e. The van der Waals surface area contributed by atoms with E-state index in [9.17, 15) is 9.59 Å². The maximum absolute atomic E-state index is 12.3. The number of carbonyl (C=O) groups excluding carboxylic acids is 2. The van der Waals surface area contributed by atoms with Crippen molar-refractivity contribution in [2.24, 2.45) is 4.99 Å². The number of likely N-dealkylation sites (N-methyl/N-ethyl adjacent to an activating group) is 1. The molecule has 1 saturated heterocycles. The Hall–Kier alpha value is -1.88. The van der Waals surface area contributed by atoms with Crippen molar-refractivity contribution in [3.05, 3.63) is 35.4 Å². The van der Waals surface area contributed by atoms with Gasteiger partial charge >= 0.3 is 0 Å². The van der Waals surface area contributed by atoms with Gasteiger partial charge in [-0.15, -0.1) is 24.0 Å². The third kappa shape index (κ3) is 8.47. The lowest BCUT2D eigenvalue weighted by atomic mass is 10.1. The van der Waals surface area contributed by atoms with Crippen LogP contribution in [0.15, 0.2) is 29.3 Å². The van der Waals surface area contributed by atoms with Crippen molar-refractivity contribution >= 4 is 41.8 Å². The van der Waals surface area contributed by atoms with Crippen molar-refractivity contribution in [3.63, 3.8) is 0 Å². The summed E-state index contributed by atoms with van der Waals surface area (Å²) in [5, 5.41) is 9.60. The maximum atomic E-state index is 12.3. The van der Waals surface area contributed by atoms with Gasteiger partial charge in [0.05, 0.1) is 0 Å². The molecule has 168 valence electrons. The van der Waals surface area contributed by atoms with E-state index in [-0.39, 0.29) is 41.8 Å². The molecule has 0 bridgehead atoms. The first-order valence-corrected chi connectivity index (χ1v) is 10.2. The van der Waals surface area contributed by atoms with Crippen molar-refractivity contribution < 1.29 is 9.59 Å². The number of amides is 2. The first-order valence-electron chi connectivity index (χ1n) is 10.2. The van der Waals surface area contributed by atoms with E-state index < -0.39 is 0 Å². The van der Waals surface area contributed by atoms with Gasteiger partial charge in [0.15, 0.2) is 5.96 Å². The number of halogens is 1. The van der Waals surface area contributed by atoms with Crippen LogP contribution in [0.1, 0.15) is 35.7 Å². The van der Waals surface area contributed by atoms with Crippen LogP contribution in [0.2, 0.25) is 0 Å². The van der Waals surface area contributed by atoms with Crippen LogP contribution in [0, 0.1) is 0 Å². The summed E-state index contributed by atoms with van der Waals surface area (Å²) in [5.41, 5.74) is 1.65. The van der Waals surface area contributed by atoms with Gasteiger partial charge < -0.3 is 25.8 Å².